The Bertz CT molecular complexity index is 281. The number of rotatable bonds is 1. The summed E-state index contributed by atoms with van der Waals surface area (Å²) in [6.07, 6.45) is 3.90. The van der Waals surface area contributed by atoms with Gasteiger partial charge in [0.05, 0.1) is 12.2 Å². The van der Waals surface area contributed by atoms with Crippen LogP contribution in [0.5, 0.6) is 0 Å². The highest BCUT2D eigenvalue weighted by Gasteiger charge is 2.22. The van der Waals surface area contributed by atoms with Gasteiger partial charge in [-0.2, -0.15) is 0 Å². The molecular formula is C10H15N3O. The van der Waals surface area contributed by atoms with Crippen molar-refractivity contribution in [2.45, 2.75) is 26.1 Å². The molecule has 4 nitrogen and oxygen atoms in total. The molecule has 2 rings (SSSR count). The van der Waals surface area contributed by atoms with Crippen molar-refractivity contribution in [1.29, 1.82) is 0 Å². The van der Waals surface area contributed by atoms with E-state index in [2.05, 4.69) is 28.7 Å². The molecule has 0 spiro atoms. The van der Waals surface area contributed by atoms with E-state index in [1.54, 1.807) is 12.5 Å². The van der Waals surface area contributed by atoms with Gasteiger partial charge in [0.1, 0.15) is 12.1 Å². The lowest BCUT2D eigenvalue weighted by molar-refractivity contribution is -0.00546. The Morgan fingerprint density at radius 1 is 1.36 bits per heavy atom. The van der Waals surface area contributed by atoms with Crippen molar-refractivity contribution in [2.75, 3.05) is 18.0 Å². The molecule has 14 heavy (non-hydrogen) atoms. The highest BCUT2D eigenvalue weighted by Crippen LogP contribution is 2.16. The van der Waals surface area contributed by atoms with Gasteiger partial charge in [-0.15, -0.1) is 0 Å². The smallest absolute Gasteiger partial charge is 0.132 e. The van der Waals surface area contributed by atoms with E-state index in [1.807, 2.05) is 6.07 Å². The molecular weight excluding hydrogens is 178 g/mol. The van der Waals surface area contributed by atoms with Crippen LogP contribution in [0.4, 0.5) is 5.82 Å². The van der Waals surface area contributed by atoms with Gasteiger partial charge in [-0.25, -0.2) is 9.97 Å². The fraction of sp³-hybridized carbons (Fsp3) is 0.600. The Morgan fingerprint density at radius 3 is 2.64 bits per heavy atom. The quantitative estimate of drug-likeness (QED) is 0.669. The summed E-state index contributed by atoms with van der Waals surface area (Å²) in [4.78, 5) is 10.4. The molecule has 1 aromatic heterocycles. The molecule has 1 saturated heterocycles. The van der Waals surface area contributed by atoms with E-state index in [1.165, 1.54) is 0 Å². The topological polar surface area (TPSA) is 38.2 Å². The number of nitrogens with zero attached hydrogens (tertiary/aromatic N) is 3. The molecule has 0 N–H and O–H groups in total. The Labute approximate surface area is 83.9 Å². The third-order valence-electron chi connectivity index (χ3n) is 2.31. The van der Waals surface area contributed by atoms with E-state index in [0.29, 0.717) is 0 Å². The molecule has 2 heterocycles. The number of hydrogen-bond acceptors (Lipinski definition) is 4. The van der Waals surface area contributed by atoms with E-state index in [0.717, 1.165) is 18.9 Å². The summed E-state index contributed by atoms with van der Waals surface area (Å²) < 4.78 is 5.65. The molecule has 76 valence electrons. The molecule has 0 amide bonds. The van der Waals surface area contributed by atoms with Crippen molar-refractivity contribution in [1.82, 2.24) is 9.97 Å². The lowest BCUT2D eigenvalue weighted by Crippen LogP contribution is -2.45. The van der Waals surface area contributed by atoms with Gasteiger partial charge < -0.3 is 9.64 Å². The molecule has 0 aliphatic carbocycles. The molecule has 0 aromatic carbocycles. The van der Waals surface area contributed by atoms with Crippen LogP contribution < -0.4 is 4.90 Å². The molecule has 0 radical (unpaired) electrons. The first kappa shape index (κ1) is 9.40. The molecule has 1 aliphatic rings. The van der Waals surface area contributed by atoms with E-state index in [4.69, 9.17) is 4.74 Å². The summed E-state index contributed by atoms with van der Waals surface area (Å²) in [6.45, 7) is 5.98. The zero-order valence-electron chi connectivity index (χ0n) is 8.55. The van der Waals surface area contributed by atoms with Crippen molar-refractivity contribution < 1.29 is 4.74 Å². The number of morpholine rings is 1. The molecule has 0 bridgehead atoms. The summed E-state index contributed by atoms with van der Waals surface area (Å²) >= 11 is 0. The first-order valence-corrected chi connectivity index (χ1v) is 4.92. The van der Waals surface area contributed by atoms with Gasteiger partial charge in [-0.1, -0.05) is 0 Å². The van der Waals surface area contributed by atoms with Crippen LogP contribution >= 0.6 is 0 Å². The molecule has 2 atom stereocenters. The van der Waals surface area contributed by atoms with E-state index < -0.39 is 0 Å². The summed E-state index contributed by atoms with van der Waals surface area (Å²) in [5.74, 6) is 0.988. The minimum atomic E-state index is 0.272. The second-order valence-corrected chi connectivity index (χ2v) is 3.73. The van der Waals surface area contributed by atoms with Gasteiger partial charge >= 0.3 is 0 Å². The zero-order chi connectivity index (χ0) is 9.97. The first-order chi connectivity index (χ1) is 6.75. The van der Waals surface area contributed by atoms with Crippen molar-refractivity contribution in [2.24, 2.45) is 0 Å². The molecule has 4 heteroatoms. The third kappa shape index (κ3) is 2.01. The average molecular weight is 193 g/mol. The van der Waals surface area contributed by atoms with Crippen LogP contribution in [0.25, 0.3) is 0 Å². The molecule has 1 aliphatic heterocycles. The van der Waals surface area contributed by atoms with Gasteiger partial charge in [0.15, 0.2) is 0 Å². The van der Waals surface area contributed by atoms with E-state index in [-0.39, 0.29) is 12.2 Å². The number of hydrogen-bond donors (Lipinski definition) is 0. The SMILES string of the molecule is C[C@@H]1CN(c2ccncn2)C[C@H](C)O1. The second-order valence-electron chi connectivity index (χ2n) is 3.73. The largest absolute Gasteiger partial charge is 0.372 e. The average Bonchev–Trinajstić information content (AvgIpc) is 2.18. The second kappa shape index (κ2) is 3.92. The van der Waals surface area contributed by atoms with Crippen LogP contribution in [0.1, 0.15) is 13.8 Å². The molecule has 0 unspecified atom stereocenters. The normalized spacial score (nSPS) is 27.7. The van der Waals surface area contributed by atoms with Crippen LogP contribution in [0.3, 0.4) is 0 Å². The van der Waals surface area contributed by atoms with Crippen LogP contribution in [0.15, 0.2) is 18.6 Å². The standard InChI is InChI=1S/C10H15N3O/c1-8-5-13(6-9(2)14-8)10-3-4-11-7-12-10/h3-4,7-9H,5-6H2,1-2H3/t8-,9+. The van der Waals surface area contributed by atoms with Gasteiger partial charge in [0, 0.05) is 19.3 Å². The highest BCUT2D eigenvalue weighted by atomic mass is 16.5. The van der Waals surface area contributed by atoms with Crippen molar-refractivity contribution in [3.05, 3.63) is 18.6 Å². The summed E-state index contributed by atoms with van der Waals surface area (Å²) in [6, 6.07) is 1.94. The predicted molar refractivity (Wildman–Crippen MR) is 54.3 cm³/mol. The molecule has 1 fully saturated rings. The van der Waals surface area contributed by atoms with Crippen molar-refractivity contribution in [3.8, 4) is 0 Å². The van der Waals surface area contributed by atoms with Gasteiger partial charge in [-0.05, 0) is 19.9 Å². The van der Waals surface area contributed by atoms with E-state index in [9.17, 15) is 0 Å². The maximum Gasteiger partial charge on any atom is 0.132 e. The van der Waals surface area contributed by atoms with Gasteiger partial charge in [-0.3, -0.25) is 0 Å². The summed E-state index contributed by atoms with van der Waals surface area (Å²) in [5.41, 5.74) is 0. The number of aromatic nitrogens is 2. The Morgan fingerprint density at radius 2 is 2.07 bits per heavy atom. The summed E-state index contributed by atoms with van der Waals surface area (Å²) in [5, 5.41) is 0. The first-order valence-electron chi connectivity index (χ1n) is 4.92. The highest BCUT2D eigenvalue weighted by molar-refractivity contribution is 5.37. The maximum atomic E-state index is 5.65. The fourth-order valence-corrected chi connectivity index (χ4v) is 1.84. The number of ether oxygens (including phenoxy) is 1. The lowest BCUT2D eigenvalue weighted by Gasteiger charge is -2.35. The molecule has 0 saturated carbocycles. The van der Waals surface area contributed by atoms with Crippen LogP contribution in [-0.2, 0) is 4.74 Å². The lowest BCUT2D eigenvalue weighted by atomic mass is 10.2. The van der Waals surface area contributed by atoms with Crippen molar-refractivity contribution >= 4 is 5.82 Å². The minimum Gasteiger partial charge on any atom is -0.372 e. The maximum absolute atomic E-state index is 5.65. The van der Waals surface area contributed by atoms with Crippen LogP contribution in [0.2, 0.25) is 0 Å². The molecule has 1 aromatic rings. The van der Waals surface area contributed by atoms with Gasteiger partial charge in [0.2, 0.25) is 0 Å². The zero-order valence-corrected chi connectivity index (χ0v) is 8.55. The van der Waals surface area contributed by atoms with E-state index >= 15 is 0 Å². The predicted octanol–water partition coefficient (Wildman–Crippen LogP) is 1.09. The minimum absolute atomic E-state index is 0.272. The van der Waals surface area contributed by atoms with Crippen LogP contribution in [0, 0.1) is 0 Å². The monoisotopic (exact) mass is 193 g/mol. The van der Waals surface area contributed by atoms with Crippen LogP contribution in [-0.4, -0.2) is 35.3 Å². The summed E-state index contributed by atoms with van der Waals surface area (Å²) in [7, 11) is 0. The Balaban J connectivity index is 2.11. The third-order valence-corrected chi connectivity index (χ3v) is 2.31. The fourth-order valence-electron chi connectivity index (χ4n) is 1.84. The van der Waals surface area contributed by atoms with Crippen molar-refractivity contribution in [3.63, 3.8) is 0 Å². The Hall–Kier alpha value is -1.16. The number of anilines is 1. The Kier molecular flexibility index (Phi) is 2.63. The van der Waals surface area contributed by atoms with Gasteiger partial charge in [0.25, 0.3) is 0 Å².